The molecule has 24 heavy (non-hydrogen) atoms. The van der Waals surface area contributed by atoms with Gasteiger partial charge in [0.2, 0.25) is 0 Å². The molecule has 0 atom stereocenters. The molecule has 0 radical (unpaired) electrons. The molecule has 122 valence electrons. The molecule has 0 saturated carbocycles. The van der Waals surface area contributed by atoms with E-state index in [2.05, 4.69) is 9.97 Å². The molecular formula is C17H15N3O2S2. The van der Waals surface area contributed by atoms with Gasteiger partial charge in [-0.1, -0.05) is 54.2 Å². The zero-order valence-electron chi connectivity index (χ0n) is 12.9. The maximum absolute atomic E-state index is 11.2. The first-order valence-corrected chi connectivity index (χ1v) is 9.00. The zero-order chi connectivity index (χ0) is 17.1. The third kappa shape index (κ3) is 3.42. The molecule has 0 aliphatic heterocycles. The lowest BCUT2D eigenvalue weighted by atomic mass is 10.2. The van der Waals surface area contributed by atoms with E-state index in [1.807, 2.05) is 42.5 Å². The fraction of sp³-hybridized carbons (Fsp3) is 0.118. The lowest BCUT2D eigenvalue weighted by Crippen LogP contribution is -1.97. The van der Waals surface area contributed by atoms with E-state index in [0.717, 1.165) is 16.9 Å². The Bertz CT molecular complexity index is 920. The van der Waals surface area contributed by atoms with Crippen LogP contribution in [0.2, 0.25) is 0 Å². The van der Waals surface area contributed by atoms with Gasteiger partial charge in [-0.25, -0.2) is 14.8 Å². The van der Waals surface area contributed by atoms with Crippen molar-refractivity contribution in [2.24, 2.45) is 0 Å². The summed E-state index contributed by atoms with van der Waals surface area (Å²) in [5, 5.41) is 10.4. The van der Waals surface area contributed by atoms with Crippen molar-refractivity contribution in [3.05, 3.63) is 52.4 Å². The van der Waals surface area contributed by atoms with Crippen molar-refractivity contribution in [1.29, 1.82) is 0 Å². The minimum Gasteiger partial charge on any atom is -0.477 e. The quantitative estimate of drug-likeness (QED) is 0.528. The number of aromatic nitrogens is 2. The molecule has 0 fully saturated rings. The fourth-order valence-electron chi connectivity index (χ4n) is 2.29. The highest BCUT2D eigenvalue weighted by atomic mass is 32.2. The first kappa shape index (κ1) is 16.5. The van der Waals surface area contributed by atoms with E-state index < -0.39 is 5.97 Å². The van der Waals surface area contributed by atoms with Crippen molar-refractivity contribution in [2.45, 2.75) is 12.1 Å². The van der Waals surface area contributed by atoms with E-state index in [0.29, 0.717) is 32.5 Å². The van der Waals surface area contributed by atoms with Crippen molar-refractivity contribution in [3.8, 4) is 0 Å². The van der Waals surface area contributed by atoms with Gasteiger partial charge in [0.25, 0.3) is 0 Å². The average molecular weight is 357 g/mol. The monoisotopic (exact) mass is 357 g/mol. The molecule has 2 heterocycles. The van der Waals surface area contributed by atoms with Crippen LogP contribution in [0.25, 0.3) is 16.3 Å². The third-order valence-electron chi connectivity index (χ3n) is 3.41. The number of nitrogens with zero attached hydrogens (tertiary/aromatic N) is 2. The first-order chi connectivity index (χ1) is 11.6. The fourth-order valence-corrected chi connectivity index (χ4v) is 4.03. The van der Waals surface area contributed by atoms with Gasteiger partial charge in [0.05, 0.1) is 5.39 Å². The van der Waals surface area contributed by atoms with Crippen molar-refractivity contribution in [2.75, 3.05) is 11.5 Å². The molecule has 0 aliphatic rings. The number of anilines is 1. The van der Waals surface area contributed by atoms with Crippen LogP contribution in [-0.2, 0) is 0 Å². The van der Waals surface area contributed by atoms with Gasteiger partial charge in [-0.3, -0.25) is 0 Å². The van der Waals surface area contributed by atoms with Gasteiger partial charge in [-0.15, -0.1) is 11.3 Å². The van der Waals surface area contributed by atoms with E-state index in [-0.39, 0.29) is 4.88 Å². The summed E-state index contributed by atoms with van der Waals surface area (Å²) < 4.78 is 0. The van der Waals surface area contributed by atoms with Gasteiger partial charge in [-0.05, 0) is 18.1 Å². The molecule has 0 saturated heterocycles. The Hall–Kier alpha value is -2.38. The van der Waals surface area contributed by atoms with Gasteiger partial charge in [0.1, 0.15) is 15.5 Å². The number of aromatic carboxylic acids is 1. The Morgan fingerprint density at radius 2 is 2.08 bits per heavy atom. The summed E-state index contributed by atoms with van der Waals surface area (Å²) in [7, 11) is 0. The van der Waals surface area contributed by atoms with E-state index in [1.165, 1.54) is 11.8 Å². The largest absolute Gasteiger partial charge is 0.477 e. The second-order valence-electron chi connectivity index (χ2n) is 5.06. The molecule has 2 aromatic heterocycles. The van der Waals surface area contributed by atoms with E-state index in [4.69, 9.17) is 5.73 Å². The van der Waals surface area contributed by atoms with Crippen LogP contribution in [0.5, 0.6) is 0 Å². The molecular weight excluding hydrogens is 342 g/mol. The second-order valence-corrected chi connectivity index (χ2v) is 7.04. The summed E-state index contributed by atoms with van der Waals surface area (Å²) in [6.07, 6.45) is 4.07. The molecule has 0 aliphatic carbocycles. The standard InChI is InChI=1S/C17H15N3O2S2/c1-10-12-14(18)19-17(20-15(12)24-13(10)16(21)22)23-9-5-8-11-6-3-2-4-7-11/h2-8H,9H2,1H3,(H,21,22)(H2,18,19,20). The third-order valence-corrected chi connectivity index (χ3v) is 5.38. The molecule has 3 rings (SSSR count). The predicted octanol–water partition coefficient (Wildman–Crippen LogP) is 4.09. The van der Waals surface area contributed by atoms with Crippen LogP contribution in [0.15, 0.2) is 41.6 Å². The van der Waals surface area contributed by atoms with E-state index in [9.17, 15) is 9.90 Å². The Morgan fingerprint density at radius 1 is 1.33 bits per heavy atom. The normalized spacial score (nSPS) is 11.4. The summed E-state index contributed by atoms with van der Waals surface area (Å²) >= 11 is 2.60. The van der Waals surface area contributed by atoms with Crippen molar-refractivity contribution in [1.82, 2.24) is 9.97 Å². The Balaban J connectivity index is 1.78. The van der Waals surface area contributed by atoms with Crippen LogP contribution in [0.3, 0.4) is 0 Å². The molecule has 0 amide bonds. The molecule has 0 spiro atoms. The van der Waals surface area contributed by atoms with Crippen LogP contribution >= 0.6 is 23.1 Å². The number of thiophene rings is 1. The minimum atomic E-state index is -0.963. The topological polar surface area (TPSA) is 89.1 Å². The average Bonchev–Trinajstić information content (AvgIpc) is 2.90. The number of carboxylic acid groups (broad SMARTS) is 1. The van der Waals surface area contributed by atoms with Crippen molar-refractivity contribution >= 4 is 51.2 Å². The van der Waals surface area contributed by atoms with E-state index >= 15 is 0 Å². The molecule has 1 aromatic carbocycles. The van der Waals surface area contributed by atoms with Crippen LogP contribution in [0, 0.1) is 6.92 Å². The highest BCUT2D eigenvalue weighted by Gasteiger charge is 2.18. The molecule has 5 nitrogen and oxygen atoms in total. The Labute approximate surface area is 147 Å². The van der Waals surface area contributed by atoms with Crippen LogP contribution in [-0.4, -0.2) is 26.8 Å². The van der Waals surface area contributed by atoms with Gasteiger partial charge in [0.15, 0.2) is 5.16 Å². The molecule has 3 aromatic rings. The molecule has 3 N–H and O–H groups in total. The van der Waals surface area contributed by atoms with Crippen molar-refractivity contribution in [3.63, 3.8) is 0 Å². The minimum absolute atomic E-state index is 0.261. The number of hydrogen-bond acceptors (Lipinski definition) is 6. The summed E-state index contributed by atoms with van der Waals surface area (Å²) in [4.78, 5) is 20.8. The molecule has 7 heteroatoms. The smallest absolute Gasteiger partial charge is 0.346 e. The summed E-state index contributed by atoms with van der Waals surface area (Å²) in [6.45, 7) is 1.73. The maximum atomic E-state index is 11.2. The van der Waals surface area contributed by atoms with Crippen LogP contribution in [0.1, 0.15) is 20.8 Å². The predicted molar refractivity (Wildman–Crippen MR) is 99.7 cm³/mol. The van der Waals surface area contributed by atoms with Gasteiger partial charge >= 0.3 is 5.97 Å². The van der Waals surface area contributed by atoms with Gasteiger partial charge in [0, 0.05) is 5.75 Å². The number of benzene rings is 1. The lowest BCUT2D eigenvalue weighted by Gasteiger charge is -2.01. The Morgan fingerprint density at radius 3 is 2.79 bits per heavy atom. The number of rotatable bonds is 5. The number of hydrogen-bond donors (Lipinski definition) is 2. The second kappa shape index (κ2) is 7.02. The van der Waals surface area contributed by atoms with E-state index in [1.54, 1.807) is 6.92 Å². The first-order valence-electron chi connectivity index (χ1n) is 7.20. The Kier molecular flexibility index (Phi) is 4.82. The lowest BCUT2D eigenvalue weighted by molar-refractivity contribution is 0.0701. The number of nitrogen functional groups attached to an aromatic ring is 1. The maximum Gasteiger partial charge on any atom is 0.346 e. The van der Waals surface area contributed by atoms with Crippen LogP contribution in [0.4, 0.5) is 5.82 Å². The van der Waals surface area contributed by atoms with Gasteiger partial charge < -0.3 is 10.8 Å². The highest BCUT2D eigenvalue weighted by Crippen LogP contribution is 2.34. The number of fused-ring (bicyclic) bond motifs is 1. The molecule has 0 unspecified atom stereocenters. The number of carbonyl (C=O) groups is 1. The van der Waals surface area contributed by atoms with Gasteiger partial charge in [-0.2, -0.15) is 0 Å². The SMILES string of the molecule is Cc1c(C(=O)O)sc2nc(SCC=Cc3ccccc3)nc(N)c12. The summed E-state index contributed by atoms with van der Waals surface area (Å²) in [5.74, 6) is 0.0707. The summed E-state index contributed by atoms with van der Waals surface area (Å²) in [6, 6.07) is 10.0. The number of carboxylic acids is 1. The summed E-state index contributed by atoms with van der Waals surface area (Å²) in [5.41, 5.74) is 7.76. The zero-order valence-corrected chi connectivity index (χ0v) is 14.5. The highest BCUT2D eigenvalue weighted by molar-refractivity contribution is 7.99. The number of aryl methyl sites for hydroxylation is 1. The van der Waals surface area contributed by atoms with Crippen LogP contribution < -0.4 is 5.73 Å². The number of thioether (sulfide) groups is 1. The van der Waals surface area contributed by atoms with Crippen molar-refractivity contribution < 1.29 is 9.90 Å². The molecule has 0 bridgehead atoms. The number of nitrogens with two attached hydrogens (primary N) is 1.